The van der Waals surface area contributed by atoms with E-state index < -0.39 is 0 Å². The molecule has 0 heterocycles. The van der Waals surface area contributed by atoms with Gasteiger partial charge in [-0.25, -0.2) is 4.79 Å². The lowest BCUT2D eigenvalue weighted by Crippen LogP contribution is -2.22. The molecule has 0 bridgehead atoms. The molecule has 2 nitrogen and oxygen atoms in total. The normalized spacial score (nSPS) is 9.50. The van der Waals surface area contributed by atoms with Crippen LogP contribution in [0.15, 0.2) is 0 Å². The second kappa shape index (κ2) is 2.60. The van der Waals surface area contributed by atoms with Crippen LogP contribution in [-0.2, 0) is 4.79 Å². The molecular formula is C6H12NO+. The van der Waals surface area contributed by atoms with Gasteiger partial charge in [0.15, 0.2) is 6.04 Å². The molecule has 46 valence electrons. The minimum Gasteiger partial charge on any atom is -0.220 e. The van der Waals surface area contributed by atoms with Crippen molar-refractivity contribution < 1.29 is 9.37 Å². The van der Waals surface area contributed by atoms with Gasteiger partial charge >= 0.3 is 5.91 Å². The molecule has 2 heteroatoms. The fraction of sp³-hybridized carbons (Fsp3) is 0.667. The van der Waals surface area contributed by atoms with Crippen molar-refractivity contribution in [1.82, 2.24) is 0 Å². The summed E-state index contributed by atoms with van der Waals surface area (Å²) in [5, 5.41) is 0. The van der Waals surface area contributed by atoms with E-state index in [4.69, 9.17) is 0 Å². The van der Waals surface area contributed by atoms with E-state index in [0.29, 0.717) is 0 Å². The van der Waals surface area contributed by atoms with Gasteiger partial charge in [-0.3, -0.25) is 0 Å². The van der Waals surface area contributed by atoms with Crippen molar-refractivity contribution in [3.8, 4) is 0 Å². The van der Waals surface area contributed by atoms with Gasteiger partial charge < -0.3 is 0 Å². The molecule has 0 saturated carbocycles. The van der Waals surface area contributed by atoms with Crippen LogP contribution in [0.4, 0.5) is 0 Å². The highest BCUT2D eigenvalue weighted by Crippen LogP contribution is 1.84. The zero-order valence-electron chi connectivity index (χ0n) is 5.64. The minimum absolute atomic E-state index is 0.0139. The predicted molar refractivity (Wildman–Crippen MR) is 33.2 cm³/mol. The number of carbonyl (C=O) groups is 1. The lowest BCUT2D eigenvalue weighted by Gasteiger charge is -1.96. The van der Waals surface area contributed by atoms with Crippen molar-refractivity contribution in [2.24, 2.45) is 0 Å². The Morgan fingerprint density at radius 3 is 2.00 bits per heavy atom. The topological polar surface area (TPSA) is 20.1 Å². The van der Waals surface area contributed by atoms with Crippen LogP contribution in [0.2, 0.25) is 0 Å². The van der Waals surface area contributed by atoms with Crippen LogP contribution in [0.3, 0.4) is 0 Å². The van der Waals surface area contributed by atoms with Crippen LogP contribution in [-0.4, -0.2) is 23.2 Å². The summed E-state index contributed by atoms with van der Waals surface area (Å²) in [6, 6.07) is 0.215. The van der Waals surface area contributed by atoms with E-state index in [1.54, 1.807) is 0 Å². The molecule has 0 aromatic carbocycles. The van der Waals surface area contributed by atoms with Crippen LogP contribution < -0.4 is 0 Å². The van der Waals surface area contributed by atoms with Crippen molar-refractivity contribution >= 4 is 12.6 Å². The molecule has 0 aliphatic heterocycles. The van der Waals surface area contributed by atoms with Crippen molar-refractivity contribution in [3.05, 3.63) is 0 Å². The second-order valence-corrected chi connectivity index (χ2v) is 2.08. The Hall–Kier alpha value is -0.660. The fourth-order valence-electron chi connectivity index (χ4n) is 0.364. The summed E-state index contributed by atoms with van der Waals surface area (Å²) in [5.41, 5.74) is 0. The van der Waals surface area contributed by atoms with Crippen LogP contribution in [0.1, 0.15) is 20.8 Å². The lowest BCUT2D eigenvalue weighted by atomic mass is 10.4. The molecule has 0 aromatic rings. The highest BCUT2D eigenvalue weighted by atomic mass is 16.1. The quantitative estimate of drug-likeness (QED) is 0.362. The number of amides is 1. The molecule has 8 heavy (non-hydrogen) atoms. The first-order chi connectivity index (χ1) is 3.55. The third-order valence-electron chi connectivity index (χ3n) is 1.03. The molecule has 0 aliphatic carbocycles. The van der Waals surface area contributed by atoms with E-state index in [0.717, 1.165) is 0 Å². The highest BCUT2D eigenvalue weighted by molar-refractivity contribution is 5.65. The van der Waals surface area contributed by atoms with Gasteiger partial charge in [-0.05, 0) is 13.8 Å². The number of hydrogen-bond acceptors (Lipinski definition) is 1. The summed E-state index contributed by atoms with van der Waals surface area (Å²) in [7, 11) is 0. The van der Waals surface area contributed by atoms with E-state index in [1.807, 2.05) is 13.8 Å². The van der Waals surface area contributed by atoms with Crippen molar-refractivity contribution in [1.29, 1.82) is 0 Å². The molecule has 0 rings (SSSR count). The average molecular weight is 114 g/mol. The summed E-state index contributed by atoms with van der Waals surface area (Å²) >= 11 is 0. The van der Waals surface area contributed by atoms with Crippen LogP contribution in [0.25, 0.3) is 0 Å². The van der Waals surface area contributed by atoms with Gasteiger partial charge in [0.1, 0.15) is 6.72 Å². The van der Waals surface area contributed by atoms with Crippen molar-refractivity contribution in [3.63, 3.8) is 0 Å². The predicted octanol–water partition coefficient (Wildman–Crippen LogP) is 0.654. The number of rotatable bonds is 1. The van der Waals surface area contributed by atoms with E-state index in [2.05, 4.69) is 6.72 Å². The standard InChI is InChI=1S/C6H12NO/c1-5(2)7(4)6(3)8/h5H,4H2,1-3H3/q+1. The fourth-order valence-corrected chi connectivity index (χ4v) is 0.364. The number of carbonyl (C=O) groups excluding carboxylic acids is 1. The van der Waals surface area contributed by atoms with Gasteiger partial charge in [-0.15, -0.1) is 0 Å². The van der Waals surface area contributed by atoms with E-state index in [1.165, 1.54) is 11.5 Å². The maximum absolute atomic E-state index is 10.4. The molecule has 1 amide bonds. The molecule has 0 atom stereocenters. The van der Waals surface area contributed by atoms with E-state index in [9.17, 15) is 4.79 Å². The Bertz CT molecular complexity index is 116. The Morgan fingerprint density at radius 2 is 2.00 bits per heavy atom. The smallest absolute Gasteiger partial charge is 0.220 e. The van der Waals surface area contributed by atoms with Crippen LogP contribution >= 0.6 is 0 Å². The average Bonchev–Trinajstić information content (AvgIpc) is 1.64. The number of hydrogen-bond donors (Lipinski definition) is 0. The summed E-state index contributed by atoms with van der Waals surface area (Å²) in [4.78, 5) is 10.4. The molecule has 0 aromatic heterocycles. The molecule has 0 unspecified atom stereocenters. The van der Waals surface area contributed by atoms with Gasteiger partial charge in [0.25, 0.3) is 0 Å². The van der Waals surface area contributed by atoms with Gasteiger partial charge in [-0.1, -0.05) is 0 Å². The summed E-state index contributed by atoms with van der Waals surface area (Å²) in [6.45, 7) is 8.88. The first-order valence-corrected chi connectivity index (χ1v) is 2.66. The lowest BCUT2D eigenvalue weighted by molar-refractivity contribution is -0.470. The Morgan fingerprint density at radius 1 is 1.62 bits per heavy atom. The molecular weight excluding hydrogens is 102 g/mol. The third-order valence-corrected chi connectivity index (χ3v) is 1.03. The van der Waals surface area contributed by atoms with Gasteiger partial charge in [-0.2, -0.15) is 4.58 Å². The van der Waals surface area contributed by atoms with E-state index >= 15 is 0 Å². The zero-order chi connectivity index (χ0) is 6.73. The minimum atomic E-state index is 0.0139. The maximum atomic E-state index is 10.4. The molecule has 0 N–H and O–H groups in total. The zero-order valence-corrected chi connectivity index (χ0v) is 5.64. The Kier molecular flexibility index (Phi) is 2.38. The van der Waals surface area contributed by atoms with Crippen LogP contribution in [0.5, 0.6) is 0 Å². The van der Waals surface area contributed by atoms with Crippen molar-refractivity contribution in [2.45, 2.75) is 26.8 Å². The highest BCUT2D eigenvalue weighted by Gasteiger charge is 2.10. The van der Waals surface area contributed by atoms with Gasteiger partial charge in [0.2, 0.25) is 0 Å². The van der Waals surface area contributed by atoms with Gasteiger partial charge in [0.05, 0.1) is 6.92 Å². The third kappa shape index (κ3) is 1.87. The Labute approximate surface area is 49.8 Å². The first kappa shape index (κ1) is 7.34. The van der Waals surface area contributed by atoms with Crippen LogP contribution in [0, 0.1) is 0 Å². The van der Waals surface area contributed by atoms with Gasteiger partial charge in [0, 0.05) is 0 Å². The Balaban J connectivity index is 3.84. The molecule has 0 saturated heterocycles. The molecule has 0 radical (unpaired) electrons. The number of nitrogens with zero attached hydrogens (tertiary/aromatic N) is 1. The SMILES string of the molecule is C=[N+](C(C)=O)C(C)C. The summed E-state index contributed by atoms with van der Waals surface area (Å²) in [5.74, 6) is 0.0139. The maximum Gasteiger partial charge on any atom is 0.383 e. The molecule has 0 fully saturated rings. The van der Waals surface area contributed by atoms with E-state index in [-0.39, 0.29) is 11.9 Å². The van der Waals surface area contributed by atoms with Crippen molar-refractivity contribution in [2.75, 3.05) is 0 Å². The molecule has 0 spiro atoms. The summed E-state index contributed by atoms with van der Waals surface area (Å²) in [6.07, 6.45) is 0. The largest absolute Gasteiger partial charge is 0.383 e. The second-order valence-electron chi connectivity index (χ2n) is 2.08. The summed E-state index contributed by atoms with van der Waals surface area (Å²) < 4.78 is 1.44. The monoisotopic (exact) mass is 114 g/mol. The first-order valence-electron chi connectivity index (χ1n) is 2.66. The molecule has 0 aliphatic rings.